The van der Waals surface area contributed by atoms with Crippen LogP contribution in [0.1, 0.15) is 32.8 Å². The lowest BCUT2D eigenvalue weighted by Crippen LogP contribution is -2.46. The van der Waals surface area contributed by atoms with Crippen LogP contribution in [0.4, 0.5) is 15.3 Å². The second-order valence-electron chi connectivity index (χ2n) is 9.08. The van der Waals surface area contributed by atoms with Gasteiger partial charge in [0.2, 0.25) is 5.91 Å². The van der Waals surface area contributed by atoms with Crippen molar-refractivity contribution < 1.29 is 29.0 Å². The monoisotopic (exact) mass is 494 g/mol. The molecule has 10 nitrogen and oxygen atoms in total. The molecule has 0 aliphatic carbocycles. The number of rotatable bonds is 8. The topological polar surface area (TPSA) is 132 Å². The van der Waals surface area contributed by atoms with Gasteiger partial charge in [0.05, 0.1) is 13.3 Å². The van der Waals surface area contributed by atoms with E-state index in [0.717, 1.165) is 10.2 Å². The maximum absolute atomic E-state index is 13.2. The SMILES string of the molecule is COc1cc(NC(=O)C(CCc2ccccc2)NC(=O)OC(C)(C)C)ccc1-c1cnn(C(=O)O)c1. The van der Waals surface area contributed by atoms with Crippen LogP contribution < -0.4 is 15.4 Å². The second-order valence-corrected chi connectivity index (χ2v) is 9.08. The Morgan fingerprint density at radius 3 is 2.44 bits per heavy atom. The van der Waals surface area contributed by atoms with Gasteiger partial charge in [-0.1, -0.05) is 30.3 Å². The van der Waals surface area contributed by atoms with Gasteiger partial charge in [0.25, 0.3) is 0 Å². The molecular weight excluding hydrogens is 464 g/mol. The van der Waals surface area contributed by atoms with Gasteiger partial charge in [0.15, 0.2) is 0 Å². The Kier molecular flexibility index (Phi) is 8.31. The minimum atomic E-state index is -1.21. The molecule has 2 aromatic carbocycles. The van der Waals surface area contributed by atoms with Crippen molar-refractivity contribution in [1.82, 2.24) is 15.1 Å². The highest BCUT2D eigenvalue weighted by molar-refractivity contribution is 5.97. The van der Waals surface area contributed by atoms with E-state index in [4.69, 9.17) is 14.6 Å². The largest absolute Gasteiger partial charge is 0.496 e. The smallest absolute Gasteiger partial charge is 0.432 e. The number of benzene rings is 2. The molecule has 3 aromatic rings. The molecule has 190 valence electrons. The van der Waals surface area contributed by atoms with Crippen LogP contribution in [0, 0.1) is 0 Å². The molecule has 0 spiro atoms. The summed E-state index contributed by atoms with van der Waals surface area (Å²) in [5, 5.41) is 18.4. The first-order valence-corrected chi connectivity index (χ1v) is 11.4. The summed E-state index contributed by atoms with van der Waals surface area (Å²) in [6.07, 6.45) is 1.82. The van der Waals surface area contributed by atoms with Gasteiger partial charge in [-0.05, 0) is 51.3 Å². The van der Waals surface area contributed by atoms with Gasteiger partial charge in [-0.25, -0.2) is 9.59 Å². The van der Waals surface area contributed by atoms with Crippen molar-refractivity contribution >= 4 is 23.8 Å². The Balaban J connectivity index is 1.77. The van der Waals surface area contributed by atoms with Crippen LogP contribution in [-0.4, -0.2) is 51.7 Å². The van der Waals surface area contributed by atoms with Crippen LogP contribution in [0.3, 0.4) is 0 Å². The summed E-state index contributed by atoms with van der Waals surface area (Å²) in [7, 11) is 1.47. The highest BCUT2D eigenvalue weighted by atomic mass is 16.6. The number of carbonyl (C=O) groups is 3. The fourth-order valence-corrected chi connectivity index (χ4v) is 3.48. The van der Waals surface area contributed by atoms with Crippen molar-refractivity contribution in [3.8, 4) is 16.9 Å². The fraction of sp³-hybridized carbons (Fsp3) is 0.308. The minimum absolute atomic E-state index is 0.360. The second kappa shape index (κ2) is 11.4. The van der Waals surface area contributed by atoms with E-state index in [1.807, 2.05) is 30.3 Å². The number of anilines is 1. The van der Waals surface area contributed by atoms with Gasteiger partial charge in [0, 0.05) is 29.1 Å². The number of nitrogens with zero attached hydrogens (tertiary/aromatic N) is 2. The zero-order valence-corrected chi connectivity index (χ0v) is 20.6. The highest BCUT2D eigenvalue weighted by Gasteiger charge is 2.25. The third-order valence-corrected chi connectivity index (χ3v) is 5.13. The standard InChI is InChI=1S/C26H30N4O6/c1-26(2,3)36-24(32)29-21(13-10-17-8-6-5-7-9-17)23(31)28-19-11-12-20(22(14-19)35-4)18-15-27-30(16-18)25(33)34/h5-9,11-12,14-16,21H,10,13H2,1-4H3,(H,28,31)(H,29,32)(H,33,34). The summed E-state index contributed by atoms with van der Waals surface area (Å²) in [6, 6.07) is 13.8. The average Bonchev–Trinajstić information content (AvgIpc) is 3.31. The molecule has 0 bridgehead atoms. The van der Waals surface area contributed by atoms with Crippen LogP contribution in [0.5, 0.6) is 5.75 Å². The normalized spacial score (nSPS) is 11.9. The first kappa shape index (κ1) is 26.3. The van der Waals surface area contributed by atoms with E-state index >= 15 is 0 Å². The molecule has 0 aliphatic heterocycles. The van der Waals surface area contributed by atoms with E-state index in [0.29, 0.717) is 35.4 Å². The molecule has 0 aliphatic rings. The Morgan fingerprint density at radius 2 is 1.83 bits per heavy atom. The zero-order chi connectivity index (χ0) is 26.3. The number of nitrogens with one attached hydrogen (secondary N) is 2. The number of alkyl carbamates (subject to hydrolysis) is 1. The van der Waals surface area contributed by atoms with Gasteiger partial charge in [-0.15, -0.1) is 0 Å². The number of aromatic nitrogens is 2. The van der Waals surface area contributed by atoms with E-state index in [1.165, 1.54) is 19.5 Å². The summed E-state index contributed by atoms with van der Waals surface area (Å²) in [5.41, 5.74) is 1.92. The number of hydrogen-bond donors (Lipinski definition) is 3. The highest BCUT2D eigenvalue weighted by Crippen LogP contribution is 2.32. The van der Waals surface area contributed by atoms with E-state index in [9.17, 15) is 14.4 Å². The zero-order valence-electron chi connectivity index (χ0n) is 20.6. The quantitative estimate of drug-likeness (QED) is 0.419. The number of carbonyl (C=O) groups excluding carboxylic acids is 2. The van der Waals surface area contributed by atoms with Crippen LogP contribution >= 0.6 is 0 Å². The molecule has 10 heteroatoms. The number of methoxy groups -OCH3 is 1. The third kappa shape index (κ3) is 7.33. The Hall–Kier alpha value is -4.34. The third-order valence-electron chi connectivity index (χ3n) is 5.13. The molecule has 2 amide bonds. The van der Waals surface area contributed by atoms with E-state index in [1.54, 1.807) is 39.0 Å². The van der Waals surface area contributed by atoms with Crippen molar-refractivity contribution in [1.29, 1.82) is 0 Å². The van der Waals surface area contributed by atoms with Gasteiger partial charge >= 0.3 is 12.2 Å². The molecule has 0 radical (unpaired) electrons. The molecule has 0 saturated heterocycles. The maximum Gasteiger partial charge on any atom is 0.432 e. The molecule has 36 heavy (non-hydrogen) atoms. The van der Waals surface area contributed by atoms with E-state index in [-0.39, 0.29) is 0 Å². The van der Waals surface area contributed by atoms with Gasteiger partial charge in [-0.2, -0.15) is 9.78 Å². The fourth-order valence-electron chi connectivity index (χ4n) is 3.48. The number of aryl methyl sites for hydroxylation is 1. The molecule has 3 N–H and O–H groups in total. The van der Waals surface area contributed by atoms with Crippen LogP contribution in [-0.2, 0) is 16.0 Å². The number of hydrogen-bond acceptors (Lipinski definition) is 6. The number of carboxylic acid groups (broad SMARTS) is 1. The molecule has 0 fully saturated rings. The lowest BCUT2D eigenvalue weighted by molar-refractivity contribution is -0.118. The van der Waals surface area contributed by atoms with Gasteiger partial charge < -0.3 is 25.2 Å². The lowest BCUT2D eigenvalue weighted by atomic mass is 10.0. The predicted octanol–water partition coefficient (Wildman–Crippen LogP) is 4.55. The van der Waals surface area contributed by atoms with Crippen molar-refractivity contribution in [3.05, 3.63) is 66.5 Å². The molecule has 1 atom stereocenters. The van der Waals surface area contributed by atoms with Crippen molar-refractivity contribution in [2.75, 3.05) is 12.4 Å². The first-order chi connectivity index (χ1) is 17.1. The Bertz CT molecular complexity index is 1220. The lowest BCUT2D eigenvalue weighted by Gasteiger charge is -2.23. The van der Waals surface area contributed by atoms with Crippen molar-refractivity contribution in [3.63, 3.8) is 0 Å². The summed E-state index contributed by atoms with van der Waals surface area (Å²) in [6.45, 7) is 5.25. The molecule has 1 unspecified atom stereocenters. The molecule has 1 aromatic heterocycles. The number of amides is 2. The maximum atomic E-state index is 13.2. The molecular formula is C26H30N4O6. The summed E-state index contributed by atoms with van der Waals surface area (Å²) >= 11 is 0. The minimum Gasteiger partial charge on any atom is -0.496 e. The summed E-state index contributed by atoms with van der Waals surface area (Å²) in [5.74, 6) is 0.00367. The molecule has 0 saturated carbocycles. The predicted molar refractivity (Wildman–Crippen MR) is 134 cm³/mol. The Morgan fingerprint density at radius 1 is 1.11 bits per heavy atom. The summed E-state index contributed by atoms with van der Waals surface area (Å²) < 4.78 is 11.6. The van der Waals surface area contributed by atoms with Crippen molar-refractivity contribution in [2.24, 2.45) is 0 Å². The Labute approximate surface area is 209 Å². The number of ether oxygens (including phenoxy) is 2. The van der Waals surface area contributed by atoms with Crippen LogP contribution in [0.2, 0.25) is 0 Å². The first-order valence-electron chi connectivity index (χ1n) is 11.4. The van der Waals surface area contributed by atoms with Crippen molar-refractivity contribution in [2.45, 2.75) is 45.3 Å². The van der Waals surface area contributed by atoms with E-state index in [2.05, 4.69) is 15.7 Å². The summed E-state index contributed by atoms with van der Waals surface area (Å²) in [4.78, 5) is 36.7. The van der Waals surface area contributed by atoms with Gasteiger partial charge in [0.1, 0.15) is 17.4 Å². The van der Waals surface area contributed by atoms with Crippen LogP contribution in [0.25, 0.3) is 11.1 Å². The average molecular weight is 495 g/mol. The molecule has 1 heterocycles. The van der Waals surface area contributed by atoms with Crippen LogP contribution in [0.15, 0.2) is 60.9 Å². The molecule has 3 rings (SSSR count). The van der Waals surface area contributed by atoms with Gasteiger partial charge in [-0.3, -0.25) is 4.79 Å². The van der Waals surface area contributed by atoms with E-state index < -0.39 is 29.7 Å².